The Balaban J connectivity index is 2.71. The van der Waals surface area contributed by atoms with E-state index >= 15 is 0 Å². The maximum absolute atomic E-state index is 13.4. The van der Waals surface area contributed by atoms with Crippen molar-refractivity contribution in [3.05, 3.63) is 83.3 Å². The minimum Gasteiger partial charge on any atom is -0.493 e. The number of rotatable bonds is 11. The zero-order chi connectivity index (χ0) is 29.7. The van der Waals surface area contributed by atoms with Crippen LogP contribution in [0.25, 0.3) is 0 Å². The van der Waals surface area contributed by atoms with E-state index in [4.69, 9.17) is 14.2 Å². The van der Waals surface area contributed by atoms with Crippen molar-refractivity contribution in [2.24, 2.45) is 5.10 Å². The third kappa shape index (κ3) is 8.02. The van der Waals surface area contributed by atoms with Gasteiger partial charge in [-0.2, -0.15) is 10.1 Å². The van der Waals surface area contributed by atoms with Crippen LogP contribution in [0, 0.1) is 0 Å². The molecule has 0 unspecified atom stereocenters. The van der Waals surface area contributed by atoms with Crippen molar-refractivity contribution in [3.8, 4) is 11.5 Å². The first-order valence-electron chi connectivity index (χ1n) is 11.2. The highest BCUT2D eigenvalue weighted by molar-refractivity contribution is 6.04. The van der Waals surface area contributed by atoms with E-state index in [0.29, 0.717) is 5.01 Å². The molecule has 2 aromatic rings. The first-order chi connectivity index (χ1) is 19.2. The molecule has 40 heavy (non-hydrogen) atoms. The molecule has 13 nitrogen and oxygen atoms in total. The number of ether oxygens (including phenoxy) is 6. The summed E-state index contributed by atoms with van der Waals surface area (Å²) in [5.41, 5.74) is -0.326. The minimum atomic E-state index is -1.07. The summed E-state index contributed by atoms with van der Waals surface area (Å²) in [4.78, 5) is 62.1. The molecule has 0 radical (unpaired) electrons. The van der Waals surface area contributed by atoms with E-state index in [0.717, 1.165) is 46.8 Å². The topological polar surface area (TPSA) is 156 Å². The van der Waals surface area contributed by atoms with Gasteiger partial charge in [0.25, 0.3) is 5.91 Å². The maximum atomic E-state index is 13.4. The Bertz CT molecular complexity index is 1350. The van der Waals surface area contributed by atoms with Crippen molar-refractivity contribution in [1.82, 2.24) is 5.01 Å². The minimum absolute atomic E-state index is 0.0999. The van der Waals surface area contributed by atoms with Gasteiger partial charge >= 0.3 is 23.9 Å². The molecule has 13 heteroatoms. The Morgan fingerprint density at radius 2 is 1.35 bits per heavy atom. The highest BCUT2D eigenvalue weighted by Crippen LogP contribution is 2.32. The molecule has 2 aromatic carbocycles. The highest BCUT2D eigenvalue weighted by Gasteiger charge is 2.27. The van der Waals surface area contributed by atoms with Gasteiger partial charge in [-0.15, -0.1) is 0 Å². The summed E-state index contributed by atoms with van der Waals surface area (Å²) in [5.74, 6) is -5.30. The van der Waals surface area contributed by atoms with Gasteiger partial charge < -0.3 is 28.4 Å². The Morgan fingerprint density at radius 1 is 0.725 bits per heavy atom. The van der Waals surface area contributed by atoms with Gasteiger partial charge in [0.15, 0.2) is 17.2 Å². The Labute approximate surface area is 229 Å². The SMILES string of the molecule is COC(=O)/C=C(/C(=O)OC)N(/N=C/c1cccc(OC)c1O/C(=C/C(=O)OC)C(=O)OC)C(=O)c1ccccc1. The summed E-state index contributed by atoms with van der Waals surface area (Å²) in [6.45, 7) is 0. The number of carbonyl (C=O) groups is 5. The molecule has 0 aromatic heterocycles. The molecule has 0 aliphatic heterocycles. The van der Waals surface area contributed by atoms with Crippen LogP contribution in [0.2, 0.25) is 0 Å². The fourth-order valence-electron chi connectivity index (χ4n) is 2.94. The largest absolute Gasteiger partial charge is 0.493 e. The first kappa shape index (κ1) is 30.8. The third-order valence-electron chi connectivity index (χ3n) is 4.88. The molecular formula is C27H26N2O11. The van der Waals surface area contributed by atoms with Crippen LogP contribution in [-0.2, 0) is 38.1 Å². The van der Waals surface area contributed by atoms with Crippen LogP contribution in [0.15, 0.2) is 77.2 Å². The molecule has 1 amide bonds. The van der Waals surface area contributed by atoms with Gasteiger partial charge in [-0.3, -0.25) is 4.79 Å². The predicted molar refractivity (Wildman–Crippen MR) is 138 cm³/mol. The number of hydrogen-bond acceptors (Lipinski definition) is 12. The van der Waals surface area contributed by atoms with E-state index in [-0.39, 0.29) is 22.6 Å². The van der Waals surface area contributed by atoms with Crippen molar-refractivity contribution < 1.29 is 52.4 Å². The quantitative estimate of drug-likeness (QED) is 0.1000. The van der Waals surface area contributed by atoms with E-state index in [2.05, 4.69) is 19.3 Å². The number of esters is 4. The molecule has 0 bridgehead atoms. The molecule has 0 saturated heterocycles. The summed E-state index contributed by atoms with van der Waals surface area (Å²) < 4.78 is 29.6. The number of hydrogen-bond donors (Lipinski definition) is 0. The van der Waals surface area contributed by atoms with Crippen LogP contribution >= 0.6 is 0 Å². The second-order valence-corrected chi connectivity index (χ2v) is 7.28. The fraction of sp³-hybridized carbons (Fsp3) is 0.185. The van der Waals surface area contributed by atoms with E-state index < -0.39 is 41.2 Å². The van der Waals surface area contributed by atoms with Crippen molar-refractivity contribution in [1.29, 1.82) is 0 Å². The number of hydrazone groups is 1. The van der Waals surface area contributed by atoms with Gasteiger partial charge in [0.2, 0.25) is 5.76 Å². The summed E-state index contributed by atoms with van der Waals surface area (Å²) in [7, 11) is 5.65. The Morgan fingerprint density at radius 3 is 1.93 bits per heavy atom. The molecular weight excluding hydrogens is 528 g/mol. The van der Waals surface area contributed by atoms with Crippen LogP contribution in [0.4, 0.5) is 0 Å². The van der Waals surface area contributed by atoms with Crippen molar-refractivity contribution in [3.63, 3.8) is 0 Å². The second-order valence-electron chi connectivity index (χ2n) is 7.28. The average molecular weight is 555 g/mol. The Hall–Kier alpha value is -5.46. The number of benzene rings is 2. The molecule has 0 fully saturated rings. The van der Waals surface area contributed by atoms with Gasteiger partial charge in [-0.05, 0) is 24.3 Å². The van der Waals surface area contributed by atoms with Crippen LogP contribution in [-0.4, -0.2) is 76.6 Å². The van der Waals surface area contributed by atoms with Crippen molar-refractivity contribution in [2.45, 2.75) is 0 Å². The molecule has 0 N–H and O–H groups in total. The number of para-hydroxylation sites is 1. The van der Waals surface area contributed by atoms with Crippen molar-refractivity contribution in [2.75, 3.05) is 35.5 Å². The molecule has 0 aliphatic rings. The Kier molecular flexibility index (Phi) is 11.6. The standard InChI is InChI=1S/C27H26N2O11/c1-35-20-13-9-12-18(24(20)40-21(27(34)39-5)15-23(31)37-3)16-28-29(25(32)17-10-7-6-8-11-17)19(26(33)38-4)14-22(30)36-2/h6-16H,1-5H3/b19-14-,21-15+,28-16+. The molecule has 0 aliphatic carbocycles. The van der Waals surface area contributed by atoms with E-state index in [1.54, 1.807) is 24.3 Å². The second kappa shape index (κ2) is 15.1. The van der Waals surface area contributed by atoms with E-state index in [1.807, 2.05) is 0 Å². The molecule has 2 rings (SSSR count). The number of carbonyl (C=O) groups excluding carboxylic acids is 5. The van der Waals surface area contributed by atoms with Crippen molar-refractivity contribution >= 4 is 36.0 Å². The third-order valence-corrected chi connectivity index (χ3v) is 4.88. The lowest BCUT2D eigenvalue weighted by Crippen LogP contribution is -2.31. The highest BCUT2D eigenvalue weighted by atomic mass is 16.6. The van der Waals surface area contributed by atoms with Gasteiger partial charge in [0.1, 0.15) is 0 Å². The predicted octanol–water partition coefficient (Wildman–Crippen LogP) is 2.01. The number of amides is 1. The molecule has 0 spiro atoms. The maximum Gasteiger partial charge on any atom is 0.374 e. The van der Waals surface area contributed by atoms with Crippen LogP contribution in [0.5, 0.6) is 11.5 Å². The fourth-order valence-corrected chi connectivity index (χ4v) is 2.94. The summed E-state index contributed by atoms with van der Waals surface area (Å²) >= 11 is 0. The lowest BCUT2D eigenvalue weighted by atomic mass is 10.2. The summed E-state index contributed by atoms with van der Waals surface area (Å²) in [6.07, 6.45) is 2.60. The van der Waals surface area contributed by atoms with Crippen LogP contribution in [0.1, 0.15) is 15.9 Å². The molecule has 0 atom stereocenters. The number of nitrogens with zero attached hydrogens (tertiary/aromatic N) is 2. The monoisotopic (exact) mass is 554 g/mol. The lowest BCUT2D eigenvalue weighted by Gasteiger charge is -2.19. The number of methoxy groups -OCH3 is 5. The van der Waals surface area contributed by atoms with Gasteiger partial charge in [-0.1, -0.05) is 24.3 Å². The van der Waals surface area contributed by atoms with Gasteiger partial charge in [0, 0.05) is 11.1 Å². The smallest absolute Gasteiger partial charge is 0.374 e. The lowest BCUT2D eigenvalue weighted by molar-refractivity contribution is -0.140. The first-order valence-corrected chi connectivity index (χ1v) is 11.2. The van der Waals surface area contributed by atoms with Crippen LogP contribution < -0.4 is 9.47 Å². The zero-order valence-electron chi connectivity index (χ0n) is 22.2. The van der Waals surface area contributed by atoms with Crippen LogP contribution in [0.3, 0.4) is 0 Å². The van der Waals surface area contributed by atoms with E-state index in [9.17, 15) is 24.0 Å². The van der Waals surface area contributed by atoms with Gasteiger partial charge in [-0.25, -0.2) is 19.2 Å². The molecule has 0 heterocycles. The summed E-state index contributed by atoms with van der Waals surface area (Å²) in [6, 6.07) is 12.3. The zero-order valence-corrected chi connectivity index (χ0v) is 22.2. The average Bonchev–Trinajstić information content (AvgIpc) is 2.99. The molecule has 0 saturated carbocycles. The molecule has 210 valence electrons. The normalized spacial score (nSPS) is 11.3. The van der Waals surface area contributed by atoms with E-state index in [1.165, 1.54) is 31.4 Å². The van der Waals surface area contributed by atoms with Gasteiger partial charge in [0.05, 0.1) is 53.9 Å². The summed E-state index contributed by atoms with van der Waals surface area (Å²) in [5, 5.41) is 4.76.